The Balaban J connectivity index is 2.09. The van der Waals surface area contributed by atoms with E-state index in [9.17, 15) is 0 Å². The molecule has 4 heteroatoms. The van der Waals surface area contributed by atoms with Crippen LogP contribution < -0.4 is 0 Å². The number of alkyl halides is 1. The number of nitrogens with zero attached hydrogens (tertiary/aromatic N) is 2. The van der Waals surface area contributed by atoms with Crippen molar-refractivity contribution in [3.05, 3.63) is 52.0 Å². The number of thiophene rings is 1. The smallest absolute Gasteiger partial charge is 0.127 e. The predicted octanol–water partition coefficient (Wildman–Crippen LogP) is 5.51. The van der Waals surface area contributed by atoms with Crippen LogP contribution in [0.2, 0.25) is 0 Å². The lowest BCUT2D eigenvalue weighted by Gasteiger charge is -2.18. The summed E-state index contributed by atoms with van der Waals surface area (Å²) in [5.41, 5.74) is 3.46. The third-order valence-corrected chi connectivity index (χ3v) is 4.84. The van der Waals surface area contributed by atoms with Crippen molar-refractivity contribution in [3.8, 4) is 0 Å². The lowest BCUT2D eigenvalue weighted by atomic mass is 10.1. The van der Waals surface area contributed by atoms with Crippen molar-refractivity contribution in [2.45, 2.75) is 38.6 Å². The molecule has 2 atom stereocenters. The van der Waals surface area contributed by atoms with E-state index in [4.69, 9.17) is 16.6 Å². The van der Waals surface area contributed by atoms with Crippen LogP contribution in [0.25, 0.3) is 11.0 Å². The van der Waals surface area contributed by atoms with E-state index < -0.39 is 0 Å². The lowest BCUT2D eigenvalue weighted by Crippen LogP contribution is -2.12. The van der Waals surface area contributed by atoms with E-state index in [1.54, 1.807) is 11.3 Å². The Hall–Kier alpha value is -1.32. The van der Waals surface area contributed by atoms with Gasteiger partial charge >= 0.3 is 0 Å². The topological polar surface area (TPSA) is 17.8 Å². The molecule has 0 amide bonds. The molecule has 1 aromatic carbocycles. The van der Waals surface area contributed by atoms with Gasteiger partial charge in [0.1, 0.15) is 5.82 Å². The standard InChI is InChI=1S/C17H19ClN2S/c1-11-6-7-15-16(9-11)20(17(19-15)13(3)18)12(2)10-14-5-4-8-21-14/h4-9,12-13H,10H2,1-3H3. The molecule has 21 heavy (non-hydrogen) atoms. The number of rotatable bonds is 4. The molecule has 0 aliphatic rings. The summed E-state index contributed by atoms with van der Waals surface area (Å²) in [6.45, 7) is 6.35. The molecule has 2 nitrogen and oxygen atoms in total. The molecule has 0 bridgehead atoms. The largest absolute Gasteiger partial charge is 0.324 e. The van der Waals surface area contributed by atoms with Crippen molar-refractivity contribution in [3.63, 3.8) is 0 Å². The molecule has 2 aromatic heterocycles. The lowest BCUT2D eigenvalue weighted by molar-refractivity contribution is 0.538. The minimum Gasteiger partial charge on any atom is -0.324 e. The highest BCUT2D eigenvalue weighted by Crippen LogP contribution is 2.30. The predicted molar refractivity (Wildman–Crippen MR) is 91.5 cm³/mol. The van der Waals surface area contributed by atoms with E-state index in [2.05, 4.69) is 54.1 Å². The van der Waals surface area contributed by atoms with Gasteiger partial charge in [-0.2, -0.15) is 0 Å². The van der Waals surface area contributed by atoms with Gasteiger partial charge in [-0.25, -0.2) is 4.98 Å². The molecular weight excluding hydrogens is 300 g/mol. The van der Waals surface area contributed by atoms with Crippen molar-refractivity contribution < 1.29 is 0 Å². The Morgan fingerprint density at radius 2 is 2.10 bits per heavy atom. The second kappa shape index (κ2) is 5.82. The summed E-state index contributed by atoms with van der Waals surface area (Å²) in [6.07, 6.45) is 1.01. The fourth-order valence-electron chi connectivity index (χ4n) is 2.78. The average molecular weight is 319 g/mol. The highest BCUT2D eigenvalue weighted by atomic mass is 35.5. The summed E-state index contributed by atoms with van der Waals surface area (Å²) < 4.78 is 2.31. The van der Waals surface area contributed by atoms with Gasteiger partial charge in [0.25, 0.3) is 0 Å². The van der Waals surface area contributed by atoms with E-state index in [-0.39, 0.29) is 5.38 Å². The molecule has 2 unspecified atom stereocenters. The fraction of sp³-hybridized carbons (Fsp3) is 0.353. The monoisotopic (exact) mass is 318 g/mol. The van der Waals surface area contributed by atoms with Crippen molar-refractivity contribution in [2.75, 3.05) is 0 Å². The summed E-state index contributed by atoms with van der Waals surface area (Å²) in [6, 6.07) is 11.0. The quantitative estimate of drug-likeness (QED) is 0.580. The van der Waals surface area contributed by atoms with Gasteiger partial charge in [0, 0.05) is 17.3 Å². The number of hydrogen-bond donors (Lipinski definition) is 0. The first-order chi connectivity index (χ1) is 10.1. The zero-order valence-corrected chi connectivity index (χ0v) is 14.1. The molecule has 3 rings (SSSR count). The van der Waals surface area contributed by atoms with Crippen LogP contribution in [0.3, 0.4) is 0 Å². The van der Waals surface area contributed by atoms with Gasteiger partial charge in [0.15, 0.2) is 0 Å². The van der Waals surface area contributed by atoms with Crippen LogP contribution in [0.5, 0.6) is 0 Å². The summed E-state index contributed by atoms with van der Waals surface area (Å²) in [5, 5.41) is 2.03. The maximum atomic E-state index is 6.36. The van der Waals surface area contributed by atoms with Gasteiger partial charge < -0.3 is 4.57 Å². The SMILES string of the molecule is Cc1ccc2nc(C(C)Cl)n(C(C)Cc3cccs3)c2c1. The Morgan fingerprint density at radius 3 is 2.76 bits per heavy atom. The van der Waals surface area contributed by atoms with E-state index in [1.165, 1.54) is 16.0 Å². The number of halogens is 1. The second-order valence-electron chi connectivity index (χ2n) is 5.58. The maximum absolute atomic E-state index is 6.36. The molecule has 0 spiro atoms. The Kier molecular flexibility index (Phi) is 4.05. The summed E-state index contributed by atoms with van der Waals surface area (Å²) in [5.74, 6) is 0.960. The number of benzene rings is 1. The molecule has 0 aliphatic heterocycles. The Labute approximate surface area is 134 Å². The fourth-order valence-corrected chi connectivity index (χ4v) is 3.76. The number of hydrogen-bond acceptors (Lipinski definition) is 2. The van der Waals surface area contributed by atoms with E-state index in [1.807, 2.05) is 6.92 Å². The van der Waals surface area contributed by atoms with Gasteiger partial charge in [-0.15, -0.1) is 22.9 Å². The zero-order chi connectivity index (χ0) is 15.0. The molecular formula is C17H19ClN2S. The van der Waals surface area contributed by atoms with E-state index in [0.29, 0.717) is 6.04 Å². The van der Waals surface area contributed by atoms with E-state index >= 15 is 0 Å². The first-order valence-electron chi connectivity index (χ1n) is 7.21. The van der Waals surface area contributed by atoms with Gasteiger partial charge in [-0.3, -0.25) is 0 Å². The van der Waals surface area contributed by atoms with Crippen molar-refractivity contribution in [2.24, 2.45) is 0 Å². The van der Waals surface area contributed by atoms with Crippen LogP contribution in [0.1, 0.15) is 41.5 Å². The van der Waals surface area contributed by atoms with Gasteiger partial charge in [0.2, 0.25) is 0 Å². The zero-order valence-electron chi connectivity index (χ0n) is 12.5. The third kappa shape index (κ3) is 2.85. The summed E-state index contributed by atoms with van der Waals surface area (Å²) >= 11 is 8.17. The van der Waals surface area contributed by atoms with Crippen molar-refractivity contribution in [1.29, 1.82) is 0 Å². The van der Waals surface area contributed by atoms with Crippen LogP contribution >= 0.6 is 22.9 Å². The number of imidazole rings is 1. The minimum atomic E-state index is -0.0940. The van der Waals surface area contributed by atoms with Crippen LogP contribution in [-0.2, 0) is 6.42 Å². The highest BCUT2D eigenvalue weighted by molar-refractivity contribution is 7.09. The number of aryl methyl sites for hydroxylation is 1. The molecule has 0 aliphatic carbocycles. The number of fused-ring (bicyclic) bond motifs is 1. The normalized spacial score (nSPS) is 14.5. The molecule has 0 saturated heterocycles. The Morgan fingerprint density at radius 1 is 1.29 bits per heavy atom. The molecule has 0 saturated carbocycles. The molecule has 3 aromatic rings. The van der Waals surface area contributed by atoms with Crippen molar-refractivity contribution >= 4 is 34.0 Å². The van der Waals surface area contributed by atoms with Crippen LogP contribution in [0.15, 0.2) is 35.7 Å². The van der Waals surface area contributed by atoms with Crippen LogP contribution in [0.4, 0.5) is 0 Å². The molecule has 0 fully saturated rings. The van der Waals surface area contributed by atoms with E-state index in [0.717, 1.165) is 17.8 Å². The highest BCUT2D eigenvalue weighted by Gasteiger charge is 2.19. The van der Waals surface area contributed by atoms with Gasteiger partial charge in [-0.05, 0) is 49.9 Å². The molecule has 0 N–H and O–H groups in total. The Bertz CT molecular complexity index is 744. The molecule has 2 heterocycles. The first-order valence-corrected chi connectivity index (χ1v) is 8.53. The maximum Gasteiger partial charge on any atom is 0.127 e. The average Bonchev–Trinajstić information content (AvgIpc) is 3.04. The summed E-state index contributed by atoms with van der Waals surface area (Å²) in [7, 11) is 0. The number of aromatic nitrogens is 2. The van der Waals surface area contributed by atoms with Crippen LogP contribution in [0, 0.1) is 6.92 Å². The second-order valence-corrected chi connectivity index (χ2v) is 7.27. The van der Waals surface area contributed by atoms with Gasteiger partial charge in [0.05, 0.1) is 16.4 Å². The van der Waals surface area contributed by atoms with Gasteiger partial charge in [-0.1, -0.05) is 12.1 Å². The van der Waals surface area contributed by atoms with Crippen molar-refractivity contribution in [1.82, 2.24) is 9.55 Å². The minimum absolute atomic E-state index is 0.0940. The first kappa shape index (κ1) is 14.6. The third-order valence-electron chi connectivity index (χ3n) is 3.75. The van der Waals surface area contributed by atoms with Crippen LogP contribution in [-0.4, -0.2) is 9.55 Å². The molecule has 110 valence electrons. The summed E-state index contributed by atoms with van der Waals surface area (Å²) in [4.78, 5) is 6.13. The molecule has 0 radical (unpaired) electrons.